The molecule has 0 spiro atoms. The third-order valence-corrected chi connectivity index (χ3v) is 3.02. The molecule has 2 nitrogen and oxygen atoms in total. The van der Waals surface area contributed by atoms with Gasteiger partial charge in [-0.15, -0.1) is 0 Å². The van der Waals surface area contributed by atoms with Crippen molar-refractivity contribution >= 4 is 14.2 Å². The summed E-state index contributed by atoms with van der Waals surface area (Å²) in [5.74, 6) is 0. The van der Waals surface area contributed by atoms with E-state index in [9.17, 15) is 0 Å². The van der Waals surface area contributed by atoms with Crippen molar-refractivity contribution in [2.75, 3.05) is 7.05 Å². The Kier molecular flexibility index (Phi) is 2.84. The molecule has 1 atom stereocenters. The van der Waals surface area contributed by atoms with Gasteiger partial charge >= 0.3 is 0 Å². The van der Waals surface area contributed by atoms with Gasteiger partial charge in [0, 0.05) is 12.7 Å². The lowest BCUT2D eigenvalue weighted by Crippen LogP contribution is -2.25. The molecular formula is C10H17BN2. The van der Waals surface area contributed by atoms with E-state index in [2.05, 4.69) is 13.8 Å². The lowest BCUT2D eigenvalue weighted by molar-refractivity contribution is 0.479. The van der Waals surface area contributed by atoms with Crippen LogP contribution in [-0.2, 0) is 0 Å². The lowest BCUT2D eigenvalue weighted by Gasteiger charge is -2.36. The first-order valence-corrected chi connectivity index (χ1v) is 4.71. The van der Waals surface area contributed by atoms with Crippen molar-refractivity contribution in [3.63, 3.8) is 0 Å². The molecule has 1 unspecified atom stereocenters. The van der Waals surface area contributed by atoms with Crippen LogP contribution in [0.2, 0.25) is 5.31 Å². The third-order valence-electron chi connectivity index (χ3n) is 3.02. The Balaban J connectivity index is 2.99. The molecule has 0 aliphatic heterocycles. The molecule has 0 aromatic heterocycles. The van der Waals surface area contributed by atoms with E-state index in [0.717, 1.165) is 19.3 Å². The summed E-state index contributed by atoms with van der Waals surface area (Å²) in [6.07, 6.45) is 4.57. The molecule has 13 heavy (non-hydrogen) atoms. The van der Waals surface area contributed by atoms with Crippen molar-refractivity contribution in [1.29, 1.82) is 5.41 Å². The van der Waals surface area contributed by atoms with Gasteiger partial charge in [-0.3, -0.25) is 5.41 Å². The maximum Gasteiger partial charge on any atom is 0.0856 e. The first-order valence-electron chi connectivity index (χ1n) is 4.71. The Morgan fingerprint density at radius 3 is 2.77 bits per heavy atom. The fraction of sp³-hybridized carbons (Fsp3) is 0.700. The van der Waals surface area contributed by atoms with Crippen LogP contribution in [0.1, 0.15) is 33.1 Å². The molecule has 0 aromatic carbocycles. The highest BCUT2D eigenvalue weighted by Crippen LogP contribution is 2.43. The maximum atomic E-state index is 7.19. The Hall–Kier alpha value is -0.725. The summed E-state index contributed by atoms with van der Waals surface area (Å²) in [5.41, 5.74) is 2.44. The molecule has 1 rings (SSSR count). The van der Waals surface area contributed by atoms with Gasteiger partial charge in [-0.25, -0.2) is 0 Å². The number of nitrogens with one attached hydrogen (secondary N) is 1. The van der Waals surface area contributed by atoms with Gasteiger partial charge in [-0.2, -0.15) is 0 Å². The average molecular weight is 176 g/mol. The number of rotatable bonds is 2. The van der Waals surface area contributed by atoms with Gasteiger partial charge < -0.3 is 4.90 Å². The molecule has 0 amide bonds. The normalized spacial score (nSPS) is 28.8. The van der Waals surface area contributed by atoms with Crippen molar-refractivity contribution in [3.8, 4) is 0 Å². The number of nitrogens with zero attached hydrogens (tertiary/aromatic N) is 1. The Bertz CT molecular complexity index is 243. The highest BCUT2D eigenvalue weighted by Gasteiger charge is 2.27. The van der Waals surface area contributed by atoms with Gasteiger partial charge in [-0.1, -0.05) is 18.9 Å². The maximum absolute atomic E-state index is 7.19. The largest absolute Gasteiger partial charge is 0.340 e. The van der Waals surface area contributed by atoms with Crippen molar-refractivity contribution in [2.24, 2.45) is 0 Å². The summed E-state index contributed by atoms with van der Waals surface area (Å²) in [5, 5.41) is 7.01. The van der Waals surface area contributed by atoms with Gasteiger partial charge in [0.15, 0.2) is 0 Å². The van der Waals surface area contributed by atoms with E-state index in [1.165, 1.54) is 17.6 Å². The van der Waals surface area contributed by atoms with E-state index >= 15 is 0 Å². The Labute approximate surface area is 81.9 Å². The van der Waals surface area contributed by atoms with E-state index in [-0.39, 0.29) is 5.31 Å². The zero-order chi connectivity index (χ0) is 10.1. The topological polar surface area (TPSA) is 27.1 Å². The van der Waals surface area contributed by atoms with Gasteiger partial charge in [0.25, 0.3) is 0 Å². The first-order chi connectivity index (χ1) is 5.99. The first kappa shape index (κ1) is 10.4. The predicted octanol–water partition coefficient (Wildman–Crippen LogP) is 2.33. The minimum absolute atomic E-state index is 0.176. The Morgan fingerprint density at radius 2 is 2.23 bits per heavy atom. The molecule has 0 fully saturated rings. The molecular weight excluding hydrogens is 159 g/mol. The fourth-order valence-electron chi connectivity index (χ4n) is 1.85. The summed E-state index contributed by atoms with van der Waals surface area (Å²) in [6, 6.07) is 0. The smallest absolute Gasteiger partial charge is 0.0856 e. The highest BCUT2D eigenvalue weighted by atomic mass is 15.1. The summed E-state index contributed by atoms with van der Waals surface area (Å²) in [7, 11) is 8.05. The molecule has 1 aliphatic rings. The summed E-state index contributed by atoms with van der Waals surface area (Å²) in [4.78, 5) is 1.86. The van der Waals surface area contributed by atoms with E-state index in [0.29, 0.717) is 0 Å². The van der Waals surface area contributed by atoms with Crippen LogP contribution < -0.4 is 0 Å². The molecule has 3 heteroatoms. The second kappa shape index (κ2) is 3.56. The third kappa shape index (κ3) is 1.95. The van der Waals surface area contributed by atoms with Crippen LogP contribution in [0, 0.1) is 5.41 Å². The van der Waals surface area contributed by atoms with Crippen LogP contribution in [0.25, 0.3) is 0 Å². The lowest BCUT2D eigenvalue weighted by atomic mass is 9.60. The van der Waals surface area contributed by atoms with E-state index < -0.39 is 0 Å². The molecule has 0 aromatic rings. The van der Waals surface area contributed by atoms with Crippen LogP contribution in [0.15, 0.2) is 11.3 Å². The van der Waals surface area contributed by atoms with Crippen LogP contribution >= 0.6 is 0 Å². The standard InChI is InChI=1S/C10H17BN2/c1-8-9(13(3)7-12)5-4-6-10(8,2)11/h7,12H,4-6H2,1-3H3. The summed E-state index contributed by atoms with van der Waals surface area (Å²) < 4.78 is 0. The minimum Gasteiger partial charge on any atom is -0.340 e. The molecule has 0 saturated carbocycles. The second-order valence-electron chi connectivity index (χ2n) is 4.08. The van der Waals surface area contributed by atoms with Crippen molar-refractivity contribution < 1.29 is 0 Å². The SMILES string of the molecule is [B]C1(C)CCCC(N(C)C=N)=C1C. The van der Waals surface area contributed by atoms with Gasteiger partial charge in [0.2, 0.25) is 0 Å². The summed E-state index contributed by atoms with van der Waals surface area (Å²) in [6.45, 7) is 4.15. The van der Waals surface area contributed by atoms with E-state index in [1.807, 2.05) is 11.9 Å². The van der Waals surface area contributed by atoms with Crippen molar-refractivity contribution in [3.05, 3.63) is 11.3 Å². The number of hydrogen-bond donors (Lipinski definition) is 1. The van der Waals surface area contributed by atoms with E-state index in [4.69, 9.17) is 13.3 Å². The van der Waals surface area contributed by atoms with Crippen molar-refractivity contribution in [1.82, 2.24) is 4.90 Å². The molecule has 0 heterocycles. The van der Waals surface area contributed by atoms with Gasteiger partial charge in [0.05, 0.1) is 14.2 Å². The number of hydrogen-bond acceptors (Lipinski definition) is 1. The molecule has 1 aliphatic carbocycles. The van der Waals surface area contributed by atoms with Gasteiger partial charge in [0.1, 0.15) is 0 Å². The molecule has 70 valence electrons. The van der Waals surface area contributed by atoms with Gasteiger partial charge in [-0.05, 0) is 25.1 Å². The van der Waals surface area contributed by atoms with E-state index in [1.54, 1.807) is 0 Å². The molecule has 0 bridgehead atoms. The Morgan fingerprint density at radius 1 is 1.62 bits per heavy atom. The summed E-state index contributed by atoms with van der Waals surface area (Å²) >= 11 is 0. The minimum atomic E-state index is -0.176. The fourth-order valence-corrected chi connectivity index (χ4v) is 1.85. The highest BCUT2D eigenvalue weighted by molar-refractivity contribution is 6.17. The molecule has 1 N–H and O–H groups in total. The van der Waals surface area contributed by atoms with Crippen LogP contribution in [0.5, 0.6) is 0 Å². The van der Waals surface area contributed by atoms with Crippen LogP contribution in [0.4, 0.5) is 0 Å². The van der Waals surface area contributed by atoms with Crippen LogP contribution in [0.3, 0.4) is 0 Å². The molecule has 0 saturated heterocycles. The molecule has 2 radical (unpaired) electrons. The zero-order valence-corrected chi connectivity index (χ0v) is 8.72. The number of allylic oxidation sites excluding steroid dienone is 2. The quantitative estimate of drug-likeness (QED) is 0.390. The monoisotopic (exact) mass is 176 g/mol. The predicted molar refractivity (Wildman–Crippen MR) is 57.2 cm³/mol. The van der Waals surface area contributed by atoms with Crippen molar-refractivity contribution in [2.45, 2.75) is 38.4 Å². The second-order valence-corrected chi connectivity index (χ2v) is 4.08. The average Bonchev–Trinajstić information content (AvgIpc) is 2.08. The zero-order valence-electron chi connectivity index (χ0n) is 8.72. The van der Waals surface area contributed by atoms with Crippen LogP contribution in [-0.4, -0.2) is 26.1 Å².